The van der Waals surface area contributed by atoms with Crippen molar-refractivity contribution in [1.29, 1.82) is 0 Å². The van der Waals surface area contributed by atoms with Crippen LogP contribution in [0, 0.1) is 0 Å². The monoisotopic (exact) mass is 286 g/mol. The first kappa shape index (κ1) is 13.2. The Labute approximate surface area is 115 Å². The van der Waals surface area contributed by atoms with Crippen LogP contribution in [0.25, 0.3) is 0 Å². The highest BCUT2D eigenvalue weighted by atomic mass is 35.5. The fourth-order valence-electron chi connectivity index (χ4n) is 1.41. The van der Waals surface area contributed by atoms with Crippen molar-refractivity contribution in [3.63, 3.8) is 0 Å². The van der Waals surface area contributed by atoms with Crippen LogP contribution in [0.2, 0.25) is 5.15 Å². The minimum atomic E-state index is 0.0978. The van der Waals surface area contributed by atoms with Crippen molar-refractivity contribution >= 4 is 23.2 Å². The van der Waals surface area contributed by atoms with Crippen molar-refractivity contribution in [1.82, 2.24) is 10.2 Å². The quantitative estimate of drug-likeness (QED) is 0.788. The summed E-state index contributed by atoms with van der Waals surface area (Å²) in [5, 5.41) is 8.07. The van der Waals surface area contributed by atoms with Gasteiger partial charge in [-0.15, -0.1) is 21.8 Å². The molecule has 0 N–H and O–H groups in total. The minimum Gasteiger partial charge on any atom is -0.468 e. The summed E-state index contributed by atoms with van der Waals surface area (Å²) in [6, 6.07) is 5.38. The molecule has 0 aliphatic carbocycles. The van der Waals surface area contributed by atoms with Crippen molar-refractivity contribution in [2.45, 2.75) is 19.4 Å². The summed E-state index contributed by atoms with van der Waals surface area (Å²) in [6.45, 7) is 2.27. The van der Waals surface area contributed by atoms with Gasteiger partial charge in [0.25, 0.3) is 0 Å². The Morgan fingerprint density at radius 2 is 2.28 bits per heavy atom. The Morgan fingerprint density at radius 3 is 2.94 bits per heavy atom. The minimum absolute atomic E-state index is 0.0978. The highest BCUT2D eigenvalue weighted by molar-refractivity contribution is 6.30. The van der Waals surface area contributed by atoms with Gasteiger partial charge in [-0.25, -0.2) is 0 Å². The first-order chi connectivity index (χ1) is 8.70. The number of furan rings is 1. The number of hydrogen-bond donors (Lipinski definition) is 0. The smallest absolute Gasteiger partial charge is 0.234 e. The van der Waals surface area contributed by atoms with E-state index in [9.17, 15) is 0 Å². The molecule has 6 heteroatoms. The predicted octanol–water partition coefficient (Wildman–Crippen LogP) is 3.64. The van der Waals surface area contributed by atoms with E-state index in [0.29, 0.717) is 23.5 Å². The summed E-state index contributed by atoms with van der Waals surface area (Å²) < 4.78 is 10.6. The molecule has 0 aliphatic rings. The molecule has 0 unspecified atom stereocenters. The molecule has 0 amide bonds. The molecule has 1 atom stereocenters. The van der Waals surface area contributed by atoms with E-state index in [1.807, 2.05) is 13.0 Å². The van der Waals surface area contributed by atoms with Gasteiger partial charge in [-0.3, -0.25) is 0 Å². The third-order valence-corrected chi connectivity index (χ3v) is 3.22. The van der Waals surface area contributed by atoms with Gasteiger partial charge in [-0.1, -0.05) is 18.5 Å². The number of alkyl halides is 1. The summed E-state index contributed by atoms with van der Waals surface area (Å²) in [5.41, 5.74) is 0.830. The Kier molecular flexibility index (Phi) is 4.44. The normalized spacial score (nSPS) is 12.4. The standard InChI is InChI=1S/C12H12Cl2N2O2/c1-8(6-13)10-5-11(15-16-12(10)14)18-7-9-3-2-4-17-9/h2-5,8H,6-7H2,1H3/t8-/m0/s1. The van der Waals surface area contributed by atoms with E-state index in [2.05, 4.69) is 10.2 Å². The molecule has 0 radical (unpaired) electrons. The van der Waals surface area contributed by atoms with Crippen LogP contribution in [0.5, 0.6) is 5.88 Å². The van der Waals surface area contributed by atoms with Gasteiger partial charge < -0.3 is 9.15 Å². The Balaban J connectivity index is 2.09. The zero-order valence-electron chi connectivity index (χ0n) is 9.77. The van der Waals surface area contributed by atoms with Crippen LogP contribution in [-0.4, -0.2) is 16.1 Å². The van der Waals surface area contributed by atoms with Crippen LogP contribution in [0.4, 0.5) is 0 Å². The Morgan fingerprint density at radius 1 is 1.44 bits per heavy atom. The molecule has 2 heterocycles. The lowest BCUT2D eigenvalue weighted by atomic mass is 10.1. The van der Waals surface area contributed by atoms with Gasteiger partial charge in [-0.05, 0) is 18.1 Å². The lowest BCUT2D eigenvalue weighted by Gasteiger charge is -2.10. The van der Waals surface area contributed by atoms with Gasteiger partial charge in [-0.2, -0.15) is 0 Å². The molecule has 2 aromatic rings. The molecule has 0 saturated heterocycles. The SMILES string of the molecule is C[C@@H](CCl)c1cc(OCc2ccco2)nnc1Cl. The molecule has 0 aliphatic heterocycles. The van der Waals surface area contributed by atoms with Crippen molar-refractivity contribution in [3.8, 4) is 5.88 Å². The number of ether oxygens (including phenoxy) is 1. The van der Waals surface area contributed by atoms with Crippen LogP contribution < -0.4 is 4.74 Å². The van der Waals surface area contributed by atoms with Crippen molar-refractivity contribution in [2.75, 3.05) is 5.88 Å². The van der Waals surface area contributed by atoms with Crippen LogP contribution >= 0.6 is 23.2 Å². The average molecular weight is 287 g/mol. The van der Waals surface area contributed by atoms with Crippen LogP contribution in [0.15, 0.2) is 28.9 Å². The number of nitrogens with zero attached hydrogens (tertiary/aromatic N) is 2. The first-order valence-corrected chi connectivity index (χ1v) is 6.36. The Hall–Kier alpha value is -1.26. The first-order valence-electron chi connectivity index (χ1n) is 5.45. The van der Waals surface area contributed by atoms with E-state index in [1.165, 1.54) is 0 Å². The van der Waals surface area contributed by atoms with Gasteiger partial charge in [0.05, 0.1) is 6.26 Å². The maximum Gasteiger partial charge on any atom is 0.234 e. The van der Waals surface area contributed by atoms with Gasteiger partial charge in [0.15, 0.2) is 5.15 Å². The lowest BCUT2D eigenvalue weighted by molar-refractivity contribution is 0.257. The second-order valence-corrected chi connectivity index (χ2v) is 4.52. The van der Waals surface area contributed by atoms with Crippen LogP contribution in [0.3, 0.4) is 0 Å². The van der Waals surface area contributed by atoms with Crippen molar-refractivity contribution in [3.05, 3.63) is 40.9 Å². The maximum absolute atomic E-state index is 5.96. The molecule has 0 bridgehead atoms. The zero-order valence-corrected chi connectivity index (χ0v) is 11.3. The second-order valence-electron chi connectivity index (χ2n) is 3.85. The van der Waals surface area contributed by atoms with E-state index in [1.54, 1.807) is 18.4 Å². The zero-order chi connectivity index (χ0) is 13.0. The van der Waals surface area contributed by atoms with E-state index in [0.717, 1.165) is 11.3 Å². The third kappa shape index (κ3) is 3.15. The molecule has 96 valence electrons. The summed E-state index contributed by atoms with van der Waals surface area (Å²) in [5.74, 6) is 1.69. The molecule has 4 nitrogen and oxygen atoms in total. The highest BCUT2D eigenvalue weighted by Crippen LogP contribution is 2.26. The maximum atomic E-state index is 5.96. The lowest BCUT2D eigenvalue weighted by Crippen LogP contribution is -2.03. The summed E-state index contributed by atoms with van der Waals surface area (Å²) >= 11 is 11.8. The van der Waals surface area contributed by atoms with E-state index < -0.39 is 0 Å². The Bertz CT molecular complexity index is 503. The number of halogens is 2. The van der Waals surface area contributed by atoms with E-state index >= 15 is 0 Å². The summed E-state index contributed by atoms with van der Waals surface area (Å²) in [7, 11) is 0. The van der Waals surface area contributed by atoms with E-state index in [4.69, 9.17) is 32.4 Å². The molecule has 2 aromatic heterocycles. The molecule has 0 spiro atoms. The van der Waals surface area contributed by atoms with E-state index in [-0.39, 0.29) is 5.92 Å². The third-order valence-electron chi connectivity index (χ3n) is 2.46. The molecule has 0 fully saturated rings. The van der Waals surface area contributed by atoms with Crippen molar-refractivity contribution < 1.29 is 9.15 Å². The van der Waals surface area contributed by atoms with Crippen LogP contribution in [-0.2, 0) is 6.61 Å². The fraction of sp³-hybridized carbons (Fsp3) is 0.333. The predicted molar refractivity (Wildman–Crippen MR) is 69.2 cm³/mol. The summed E-state index contributed by atoms with van der Waals surface area (Å²) in [4.78, 5) is 0. The van der Waals surface area contributed by atoms with Crippen molar-refractivity contribution in [2.24, 2.45) is 0 Å². The fourth-order valence-corrected chi connectivity index (χ4v) is 1.86. The average Bonchev–Trinajstić information content (AvgIpc) is 2.90. The van der Waals surface area contributed by atoms with Gasteiger partial charge in [0, 0.05) is 17.5 Å². The largest absolute Gasteiger partial charge is 0.468 e. The summed E-state index contributed by atoms with van der Waals surface area (Å²) in [6.07, 6.45) is 1.59. The number of hydrogen-bond acceptors (Lipinski definition) is 4. The highest BCUT2D eigenvalue weighted by Gasteiger charge is 2.12. The van der Waals surface area contributed by atoms with Gasteiger partial charge >= 0.3 is 0 Å². The number of rotatable bonds is 5. The topological polar surface area (TPSA) is 48.2 Å². The van der Waals surface area contributed by atoms with Crippen LogP contribution in [0.1, 0.15) is 24.2 Å². The molecular weight excluding hydrogens is 275 g/mol. The molecule has 0 aromatic carbocycles. The molecule has 0 saturated carbocycles. The molecule has 2 rings (SSSR count). The second kappa shape index (κ2) is 6.07. The van der Waals surface area contributed by atoms with Gasteiger partial charge in [0.1, 0.15) is 12.4 Å². The number of aromatic nitrogens is 2. The van der Waals surface area contributed by atoms with Gasteiger partial charge in [0.2, 0.25) is 5.88 Å². The molecular formula is C12H12Cl2N2O2. The molecule has 18 heavy (non-hydrogen) atoms.